The zero-order valence-electron chi connectivity index (χ0n) is 9.88. The molecule has 0 saturated heterocycles. The molecule has 2 rings (SSSR count). The topological polar surface area (TPSA) is 55.1 Å². The summed E-state index contributed by atoms with van der Waals surface area (Å²) in [5, 5.41) is 2.18. The van der Waals surface area contributed by atoms with Crippen molar-refractivity contribution in [3.05, 3.63) is 57.8 Å². The Labute approximate surface area is 120 Å². The molecule has 0 bridgehead atoms. The third-order valence-electron chi connectivity index (χ3n) is 2.45. The van der Waals surface area contributed by atoms with Crippen LogP contribution < -0.4 is 11.1 Å². The van der Waals surface area contributed by atoms with Gasteiger partial charge in [-0.05, 0) is 24.3 Å². The van der Waals surface area contributed by atoms with Crippen molar-refractivity contribution in [2.45, 2.75) is 0 Å². The maximum Gasteiger partial charge on any atom is 0.255 e. The molecule has 2 aromatic rings. The van der Waals surface area contributed by atoms with Crippen molar-refractivity contribution < 1.29 is 18.0 Å². The largest absolute Gasteiger partial charge is 0.397 e. The van der Waals surface area contributed by atoms with E-state index in [2.05, 4.69) is 21.2 Å². The van der Waals surface area contributed by atoms with Crippen LogP contribution in [0.1, 0.15) is 10.4 Å². The molecule has 0 aromatic heterocycles. The van der Waals surface area contributed by atoms with E-state index in [0.717, 1.165) is 12.1 Å². The van der Waals surface area contributed by atoms with Gasteiger partial charge in [-0.1, -0.05) is 15.9 Å². The number of hydrogen-bond donors (Lipinski definition) is 2. The summed E-state index contributed by atoms with van der Waals surface area (Å²) in [6.07, 6.45) is 0. The van der Waals surface area contributed by atoms with Crippen LogP contribution in [-0.2, 0) is 0 Å². The van der Waals surface area contributed by atoms with Crippen LogP contribution in [0, 0.1) is 17.5 Å². The number of amides is 1. The fourth-order valence-electron chi connectivity index (χ4n) is 1.60. The van der Waals surface area contributed by atoms with Crippen LogP contribution >= 0.6 is 15.9 Å². The molecule has 1 amide bonds. The Balaban J connectivity index is 2.32. The van der Waals surface area contributed by atoms with E-state index >= 15 is 0 Å². The highest BCUT2D eigenvalue weighted by molar-refractivity contribution is 9.10. The van der Waals surface area contributed by atoms with E-state index in [9.17, 15) is 18.0 Å². The monoisotopic (exact) mass is 344 g/mol. The van der Waals surface area contributed by atoms with Crippen molar-refractivity contribution >= 4 is 33.2 Å². The summed E-state index contributed by atoms with van der Waals surface area (Å²) in [5.74, 6) is -3.25. The molecule has 0 unspecified atom stereocenters. The van der Waals surface area contributed by atoms with Crippen molar-refractivity contribution in [1.29, 1.82) is 0 Å². The first-order valence-electron chi connectivity index (χ1n) is 5.39. The molecule has 0 heterocycles. The summed E-state index contributed by atoms with van der Waals surface area (Å²) in [5.41, 5.74) is 4.79. The van der Waals surface area contributed by atoms with Gasteiger partial charge >= 0.3 is 0 Å². The van der Waals surface area contributed by atoms with Gasteiger partial charge in [-0.15, -0.1) is 0 Å². The van der Waals surface area contributed by atoms with Gasteiger partial charge in [-0.3, -0.25) is 4.79 Å². The first kappa shape index (κ1) is 14.4. The maximum atomic E-state index is 13.5. The first-order valence-corrected chi connectivity index (χ1v) is 6.18. The molecule has 3 N–H and O–H groups in total. The zero-order chi connectivity index (χ0) is 14.9. The molecule has 7 heteroatoms. The molecule has 2 aromatic carbocycles. The van der Waals surface area contributed by atoms with Gasteiger partial charge in [0.15, 0.2) is 5.82 Å². The van der Waals surface area contributed by atoms with Gasteiger partial charge < -0.3 is 11.1 Å². The molecule has 0 saturated carbocycles. The average Bonchev–Trinajstić information content (AvgIpc) is 2.32. The highest BCUT2D eigenvalue weighted by atomic mass is 79.9. The number of rotatable bonds is 2. The van der Waals surface area contributed by atoms with Gasteiger partial charge in [0, 0.05) is 16.1 Å². The highest BCUT2D eigenvalue weighted by Gasteiger charge is 2.14. The molecule has 104 valence electrons. The van der Waals surface area contributed by atoms with Crippen molar-refractivity contribution in [1.82, 2.24) is 0 Å². The molecule has 0 radical (unpaired) electrons. The fraction of sp³-hybridized carbons (Fsp3) is 0. The van der Waals surface area contributed by atoms with E-state index < -0.39 is 23.4 Å². The number of nitrogens with two attached hydrogens (primary N) is 1. The van der Waals surface area contributed by atoms with E-state index in [0.29, 0.717) is 10.5 Å². The average molecular weight is 345 g/mol. The Morgan fingerprint density at radius 2 is 1.70 bits per heavy atom. The Morgan fingerprint density at radius 1 is 1.05 bits per heavy atom. The quantitative estimate of drug-likeness (QED) is 0.816. The van der Waals surface area contributed by atoms with Crippen LogP contribution in [0.25, 0.3) is 0 Å². The molecular formula is C13H8BrF3N2O. The predicted molar refractivity (Wildman–Crippen MR) is 72.8 cm³/mol. The third kappa shape index (κ3) is 3.11. The van der Waals surface area contributed by atoms with Crippen molar-refractivity contribution in [2.75, 3.05) is 11.1 Å². The Morgan fingerprint density at radius 3 is 2.30 bits per heavy atom. The van der Waals surface area contributed by atoms with Crippen molar-refractivity contribution in [3.8, 4) is 0 Å². The number of halogens is 4. The number of carbonyl (C=O) groups is 1. The van der Waals surface area contributed by atoms with Crippen LogP contribution in [0.5, 0.6) is 0 Å². The van der Waals surface area contributed by atoms with E-state index in [1.54, 1.807) is 0 Å². The fourth-order valence-corrected chi connectivity index (χ4v) is 2.06. The highest BCUT2D eigenvalue weighted by Crippen LogP contribution is 2.25. The third-order valence-corrected chi connectivity index (χ3v) is 2.91. The Hall–Kier alpha value is -2.02. The summed E-state index contributed by atoms with van der Waals surface area (Å²) in [7, 11) is 0. The second kappa shape index (κ2) is 5.54. The standard InChI is InChI=1S/C13H8BrF3N2O/c14-7-1-6(2-8(15)3-7)13(20)19-12-10(17)4-9(16)5-11(12)18/h1-5H,18H2,(H,19,20). The van der Waals surface area contributed by atoms with Crippen LogP contribution in [0.3, 0.4) is 0 Å². The molecule has 0 spiro atoms. The smallest absolute Gasteiger partial charge is 0.255 e. The summed E-state index contributed by atoms with van der Waals surface area (Å²) < 4.78 is 40.0. The normalized spacial score (nSPS) is 10.4. The number of nitrogens with one attached hydrogen (secondary N) is 1. The van der Waals surface area contributed by atoms with Crippen LogP contribution in [-0.4, -0.2) is 5.91 Å². The molecular weight excluding hydrogens is 337 g/mol. The summed E-state index contributed by atoms with van der Waals surface area (Å²) in [6, 6.07) is 4.98. The lowest BCUT2D eigenvalue weighted by Gasteiger charge is -2.10. The second-order valence-electron chi connectivity index (χ2n) is 3.96. The lowest BCUT2D eigenvalue weighted by molar-refractivity contribution is 0.102. The van der Waals surface area contributed by atoms with Crippen LogP contribution in [0.15, 0.2) is 34.8 Å². The van der Waals surface area contributed by atoms with Gasteiger partial charge in [-0.2, -0.15) is 0 Å². The number of nitrogen functional groups attached to an aromatic ring is 1. The van der Waals surface area contributed by atoms with Gasteiger partial charge in [0.05, 0.1) is 5.69 Å². The maximum absolute atomic E-state index is 13.5. The zero-order valence-corrected chi connectivity index (χ0v) is 11.5. The molecule has 0 aliphatic rings. The second-order valence-corrected chi connectivity index (χ2v) is 4.88. The molecule has 0 aliphatic heterocycles. The predicted octanol–water partition coefficient (Wildman–Crippen LogP) is 3.70. The molecule has 20 heavy (non-hydrogen) atoms. The first-order chi connectivity index (χ1) is 9.36. The van der Waals surface area contributed by atoms with Crippen LogP contribution in [0.2, 0.25) is 0 Å². The summed E-state index contributed by atoms with van der Waals surface area (Å²) >= 11 is 3.04. The molecule has 0 fully saturated rings. The minimum absolute atomic E-state index is 0.0278. The van der Waals surface area contributed by atoms with Crippen LogP contribution in [0.4, 0.5) is 24.5 Å². The van der Waals surface area contributed by atoms with Gasteiger partial charge in [0.1, 0.15) is 17.3 Å². The SMILES string of the molecule is Nc1cc(F)cc(F)c1NC(=O)c1cc(F)cc(Br)c1. The number of anilines is 2. The van der Waals surface area contributed by atoms with E-state index in [1.807, 2.05) is 0 Å². The number of hydrogen-bond acceptors (Lipinski definition) is 2. The number of benzene rings is 2. The van der Waals surface area contributed by atoms with E-state index in [1.165, 1.54) is 12.1 Å². The Bertz CT molecular complexity index is 648. The molecule has 3 nitrogen and oxygen atoms in total. The van der Waals surface area contributed by atoms with E-state index in [4.69, 9.17) is 5.73 Å². The van der Waals surface area contributed by atoms with Gasteiger partial charge in [-0.25, -0.2) is 13.2 Å². The summed E-state index contributed by atoms with van der Waals surface area (Å²) in [6.45, 7) is 0. The van der Waals surface area contributed by atoms with E-state index in [-0.39, 0.29) is 16.9 Å². The van der Waals surface area contributed by atoms with Gasteiger partial charge in [0.25, 0.3) is 5.91 Å². The lowest BCUT2D eigenvalue weighted by atomic mass is 10.2. The minimum atomic E-state index is -1.01. The Kier molecular flexibility index (Phi) is 3.99. The van der Waals surface area contributed by atoms with Crippen molar-refractivity contribution in [2.24, 2.45) is 0 Å². The number of carbonyl (C=O) groups excluding carboxylic acids is 1. The molecule has 0 atom stereocenters. The molecule has 0 aliphatic carbocycles. The summed E-state index contributed by atoms with van der Waals surface area (Å²) in [4.78, 5) is 11.9. The minimum Gasteiger partial charge on any atom is -0.397 e. The van der Waals surface area contributed by atoms with Gasteiger partial charge in [0.2, 0.25) is 0 Å². The van der Waals surface area contributed by atoms with Crippen molar-refractivity contribution in [3.63, 3.8) is 0 Å². The lowest BCUT2D eigenvalue weighted by Crippen LogP contribution is -2.15.